The Balaban J connectivity index is 0.00000306. The van der Waals surface area contributed by atoms with Crippen LogP contribution in [0.15, 0.2) is 52.1 Å². The monoisotopic (exact) mass is 568 g/mol. The quantitative estimate of drug-likeness (QED) is 0.310. The highest BCUT2D eigenvalue weighted by Crippen LogP contribution is 2.31. The van der Waals surface area contributed by atoms with Crippen molar-refractivity contribution in [2.75, 3.05) is 32.8 Å². The van der Waals surface area contributed by atoms with Gasteiger partial charge in [0.25, 0.3) is 0 Å². The molecule has 2 N–H and O–H groups in total. The third kappa shape index (κ3) is 7.02. The predicted octanol–water partition coefficient (Wildman–Crippen LogP) is 4.12. The van der Waals surface area contributed by atoms with Gasteiger partial charge in [-0.05, 0) is 38.0 Å². The van der Waals surface area contributed by atoms with Gasteiger partial charge in [0.15, 0.2) is 5.96 Å². The van der Waals surface area contributed by atoms with Crippen LogP contribution in [0.1, 0.15) is 43.6 Å². The molecule has 0 saturated carbocycles. The first-order valence-corrected chi connectivity index (χ1v) is 11.5. The van der Waals surface area contributed by atoms with E-state index in [9.17, 15) is 4.79 Å². The van der Waals surface area contributed by atoms with Crippen LogP contribution in [0.4, 0.5) is 4.79 Å². The lowest BCUT2D eigenvalue weighted by Crippen LogP contribution is -2.50. The maximum atomic E-state index is 12.0. The zero-order valence-corrected chi connectivity index (χ0v) is 21.3. The highest BCUT2D eigenvalue weighted by atomic mass is 127. The molecule has 1 atom stereocenters. The zero-order chi connectivity index (χ0) is 22.2. The van der Waals surface area contributed by atoms with E-state index in [1.165, 1.54) is 0 Å². The number of amides is 1. The number of furan rings is 1. The van der Waals surface area contributed by atoms with E-state index in [2.05, 4.69) is 16.7 Å². The van der Waals surface area contributed by atoms with Gasteiger partial charge in [-0.3, -0.25) is 4.99 Å². The van der Waals surface area contributed by atoms with E-state index < -0.39 is 0 Å². The standard InChI is InChI=1S/C24H32N4O4.HI/c1-2-30-24(29)28-14-10-18(11-15-28)26-23(25-13-9-19-6-5-16-31-19)27-21-12-17-32-22-8-4-3-7-20(21)22;/h3-8,16,18,21H,2,9-15,17H2,1H3,(H2,25,26,27);1H. The second-order valence-corrected chi connectivity index (χ2v) is 8.04. The van der Waals surface area contributed by atoms with Crippen molar-refractivity contribution in [1.82, 2.24) is 15.5 Å². The molecular formula is C24H33IN4O4. The van der Waals surface area contributed by atoms with Crippen molar-refractivity contribution >= 4 is 36.0 Å². The van der Waals surface area contributed by atoms with Crippen molar-refractivity contribution in [2.24, 2.45) is 4.99 Å². The van der Waals surface area contributed by atoms with Gasteiger partial charge in [-0.2, -0.15) is 0 Å². The second-order valence-electron chi connectivity index (χ2n) is 8.04. The fourth-order valence-electron chi connectivity index (χ4n) is 4.14. The number of hydrogen-bond acceptors (Lipinski definition) is 5. The molecule has 9 heteroatoms. The van der Waals surface area contributed by atoms with E-state index in [-0.39, 0.29) is 42.2 Å². The normalized spacial score (nSPS) is 18.5. The Morgan fingerprint density at radius 2 is 1.97 bits per heavy atom. The molecule has 1 aromatic heterocycles. The second kappa shape index (κ2) is 12.7. The van der Waals surface area contributed by atoms with Gasteiger partial charge >= 0.3 is 6.09 Å². The smallest absolute Gasteiger partial charge is 0.409 e. The lowest BCUT2D eigenvalue weighted by Gasteiger charge is -2.34. The summed E-state index contributed by atoms with van der Waals surface area (Å²) in [5.41, 5.74) is 1.15. The van der Waals surface area contributed by atoms with Crippen molar-refractivity contribution in [3.05, 3.63) is 54.0 Å². The highest BCUT2D eigenvalue weighted by molar-refractivity contribution is 14.0. The maximum Gasteiger partial charge on any atom is 0.409 e. The molecule has 2 aliphatic rings. The maximum absolute atomic E-state index is 12.0. The van der Waals surface area contributed by atoms with Crippen molar-refractivity contribution in [3.63, 3.8) is 0 Å². The van der Waals surface area contributed by atoms with Crippen molar-refractivity contribution in [1.29, 1.82) is 0 Å². The third-order valence-corrected chi connectivity index (χ3v) is 5.84. The van der Waals surface area contributed by atoms with E-state index in [0.717, 1.165) is 48.7 Å². The Kier molecular flexibility index (Phi) is 9.71. The Morgan fingerprint density at radius 3 is 2.73 bits per heavy atom. The summed E-state index contributed by atoms with van der Waals surface area (Å²) >= 11 is 0. The van der Waals surface area contributed by atoms with E-state index in [1.54, 1.807) is 11.2 Å². The summed E-state index contributed by atoms with van der Waals surface area (Å²) < 4.78 is 16.4. The summed E-state index contributed by atoms with van der Waals surface area (Å²) in [6, 6.07) is 12.4. The molecule has 0 spiro atoms. The number of guanidine groups is 1. The molecule has 8 nitrogen and oxygen atoms in total. The summed E-state index contributed by atoms with van der Waals surface area (Å²) in [4.78, 5) is 18.6. The highest BCUT2D eigenvalue weighted by Gasteiger charge is 2.26. The molecule has 1 aromatic carbocycles. The van der Waals surface area contributed by atoms with E-state index in [4.69, 9.17) is 18.9 Å². The topological polar surface area (TPSA) is 88.3 Å². The Morgan fingerprint density at radius 1 is 1.15 bits per heavy atom. The number of benzene rings is 1. The van der Waals surface area contributed by atoms with Crippen molar-refractivity contribution in [3.8, 4) is 5.75 Å². The van der Waals surface area contributed by atoms with Crippen LogP contribution in [-0.2, 0) is 11.2 Å². The summed E-state index contributed by atoms with van der Waals surface area (Å²) in [7, 11) is 0. The SMILES string of the molecule is CCOC(=O)N1CCC(NC(=NCCc2ccco2)NC2CCOc3ccccc32)CC1.I. The number of rotatable bonds is 6. The molecule has 0 bridgehead atoms. The fourth-order valence-corrected chi connectivity index (χ4v) is 4.14. The van der Waals surface area contributed by atoms with Crippen LogP contribution in [0.3, 0.4) is 0 Å². The number of nitrogens with one attached hydrogen (secondary N) is 2. The van der Waals surface area contributed by atoms with Gasteiger partial charge in [0.05, 0.1) is 25.5 Å². The minimum Gasteiger partial charge on any atom is -0.493 e. The van der Waals surface area contributed by atoms with Gasteiger partial charge in [0, 0.05) is 44.1 Å². The first kappa shape index (κ1) is 25.2. The molecule has 1 saturated heterocycles. The number of ether oxygens (including phenoxy) is 2. The first-order valence-electron chi connectivity index (χ1n) is 11.5. The number of likely N-dealkylation sites (tertiary alicyclic amines) is 1. The predicted molar refractivity (Wildman–Crippen MR) is 137 cm³/mol. The van der Waals surface area contributed by atoms with Crippen molar-refractivity contribution < 1.29 is 18.7 Å². The van der Waals surface area contributed by atoms with Crippen LogP contribution < -0.4 is 15.4 Å². The Bertz CT molecular complexity index is 898. The van der Waals surface area contributed by atoms with E-state index >= 15 is 0 Å². The molecule has 0 radical (unpaired) electrons. The van der Waals surface area contributed by atoms with Gasteiger partial charge in [0.2, 0.25) is 0 Å². The summed E-state index contributed by atoms with van der Waals surface area (Å²) in [5.74, 6) is 2.63. The summed E-state index contributed by atoms with van der Waals surface area (Å²) in [6.45, 7) is 4.88. The lowest BCUT2D eigenvalue weighted by atomic mass is 10.0. The molecular weight excluding hydrogens is 535 g/mol. The average Bonchev–Trinajstić information content (AvgIpc) is 3.33. The molecule has 1 amide bonds. The number of halogens is 1. The van der Waals surface area contributed by atoms with Crippen LogP contribution in [0.2, 0.25) is 0 Å². The molecule has 0 aliphatic carbocycles. The average molecular weight is 568 g/mol. The number of aliphatic imine (C=N–C) groups is 1. The Hall–Kier alpha value is -2.43. The largest absolute Gasteiger partial charge is 0.493 e. The minimum atomic E-state index is -0.227. The number of piperidine rings is 1. The van der Waals surface area contributed by atoms with Crippen LogP contribution >= 0.6 is 24.0 Å². The number of nitrogens with zero attached hydrogens (tertiary/aromatic N) is 2. The van der Waals surface area contributed by atoms with Crippen LogP contribution in [0, 0.1) is 0 Å². The van der Waals surface area contributed by atoms with Crippen LogP contribution in [0.25, 0.3) is 0 Å². The van der Waals surface area contributed by atoms with Crippen LogP contribution in [0.5, 0.6) is 5.75 Å². The number of carbonyl (C=O) groups is 1. The van der Waals surface area contributed by atoms with Crippen LogP contribution in [-0.4, -0.2) is 55.8 Å². The van der Waals surface area contributed by atoms with Crippen molar-refractivity contribution in [2.45, 2.75) is 44.7 Å². The van der Waals surface area contributed by atoms with E-state index in [0.29, 0.717) is 32.8 Å². The molecule has 2 aliphatic heterocycles. The number of hydrogen-bond donors (Lipinski definition) is 2. The van der Waals surface area contributed by atoms with Gasteiger partial charge in [-0.15, -0.1) is 24.0 Å². The zero-order valence-electron chi connectivity index (χ0n) is 19.0. The van der Waals surface area contributed by atoms with Gasteiger partial charge in [-0.1, -0.05) is 18.2 Å². The number of fused-ring (bicyclic) bond motifs is 1. The van der Waals surface area contributed by atoms with E-state index in [1.807, 2.05) is 37.3 Å². The third-order valence-electron chi connectivity index (χ3n) is 5.84. The number of para-hydroxylation sites is 1. The summed E-state index contributed by atoms with van der Waals surface area (Å²) in [6.07, 6.45) is 4.77. The number of carbonyl (C=O) groups excluding carboxylic acids is 1. The first-order chi connectivity index (χ1) is 15.7. The Labute approximate surface area is 212 Å². The molecule has 3 heterocycles. The summed E-state index contributed by atoms with van der Waals surface area (Å²) in [5, 5.41) is 7.21. The molecule has 33 heavy (non-hydrogen) atoms. The molecule has 2 aromatic rings. The lowest BCUT2D eigenvalue weighted by molar-refractivity contribution is 0.0963. The van der Waals surface area contributed by atoms with Gasteiger partial charge < -0.3 is 29.4 Å². The fraction of sp³-hybridized carbons (Fsp3) is 0.500. The molecule has 1 fully saturated rings. The molecule has 1 unspecified atom stereocenters. The minimum absolute atomic E-state index is 0. The molecule has 4 rings (SSSR count). The molecule has 180 valence electrons. The van der Waals surface area contributed by atoms with Gasteiger partial charge in [0.1, 0.15) is 11.5 Å². The van der Waals surface area contributed by atoms with Gasteiger partial charge in [-0.25, -0.2) is 4.79 Å².